The Kier molecular flexibility index (Phi) is 8.59. The van der Waals surface area contributed by atoms with E-state index in [1.54, 1.807) is 0 Å². The van der Waals surface area contributed by atoms with Crippen LogP contribution in [0.3, 0.4) is 0 Å². The summed E-state index contributed by atoms with van der Waals surface area (Å²) in [6.07, 6.45) is 3.95. The molecule has 4 aromatic rings. The van der Waals surface area contributed by atoms with Crippen LogP contribution >= 0.6 is 0 Å². The molecule has 0 amide bonds. The van der Waals surface area contributed by atoms with Crippen LogP contribution < -0.4 is 0 Å². The standard InChI is InChI=1S/2C16H12N.Pd/c2*17-13-16(11-14-7-3-1-4-8-14)12-15-9-5-2-6-10-15;/h2*1-12H;. The average molecular weight is 543 g/mol. The van der Waals surface area contributed by atoms with Crippen molar-refractivity contribution in [1.82, 2.24) is 0 Å². The molecule has 0 radical (unpaired) electrons. The van der Waals surface area contributed by atoms with Crippen LogP contribution in [0.1, 0.15) is 31.0 Å². The van der Waals surface area contributed by atoms with Gasteiger partial charge in [0.05, 0.1) is 0 Å². The maximum atomic E-state index is 10.2. The predicted molar refractivity (Wildman–Crippen MR) is 138 cm³/mol. The monoisotopic (exact) mass is 542 g/mol. The summed E-state index contributed by atoms with van der Waals surface area (Å²) in [6.45, 7) is 0. The van der Waals surface area contributed by atoms with E-state index >= 15 is 0 Å². The van der Waals surface area contributed by atoms with Crippen LogP contribution in [0, 0.1) is 22.7 Å². The van der Waals surface area contributed by atoms with Gasteiger partial charge in [0.2, 0.25) is 0 Å². The quantitative estimate of drug-likeness (QED) is 0.169. The molecule has 0 aromatic heterocycles. The van der Waals surface area contributed by atoms with E-state index in [2.05, 4.69) is 36.4 Å². The van der Waals surface area contributed by atoms with Gasteiger partial charge in [0.1, 0.15) is 0 Å². The van der Waals surface area contributed by atoms with Crippen molar-refractivity contribution in [2.45, 2.75) is 8.78 Å². The fourth-order valence-electron chi connectivity index (χ4n) is 3.68. The van der Waals surface area contributed by atoms with Gasteiger partial charge in [0.25, 0.3) is 0 Å². The van der Waals surface area contributed by atoms with Gasteiger partial charge in [0, 0.05) is 0 Å². The average Bonchev–Trinajstić information content (AvgIpc) is 2.94. The summed E-state index contributed by atoms with van der Waals surface area (Å²) in [5.41, 5.74) is 5.57. The predicted octanol–water partition coefficient (Wildman–Crippen LogP) is 7.77. The molecule has 0 bridgehead atoms. The van der Waals surface area contributed by atoms with Gasteiger partial charge in [-0.3, -0.25) is 0 Å². The first kappa shape index (κ1) is 24.1. The van der Waals surface area contributed by atoms with Crippen molar-refractivity contribution in [3.05, 3.63) is 155 Å². The summed E-state index contributed by atoms with van der Waals surface area (Å²) < 4.78 is -0.235. The Morgan fingerprint density at radius 2 is 0.829 bits per heavy atom. The zero-order valence-corrected chi connectivity index (χ0v) is 20.6. The van der Waals surface area contributed by atoms with E-state index in [0.717, 1.165) is 22.3 Å². The summed E-state index contributed by atoms with van der Waals surface area (Å²) >= 11 is -0.00515. The van der Waals surface area contributed by atoms with Crippen molar-refractivity contribution < 1.29 is 18.0 Å². The van der Waals surface area contributed by atoms with Crippen molar-refractivity contribution in [3.8, 4) is 12.1 Å². The SMILES string of the molecule is N#CC(=Cc1ccccc1)[CH]([Pd][CH](C(C#N)=Cc1ccccc1)c1ccccc1)c1ccccc1. The third-order valence-electron chi connectivity index (χ3n) is 5.36. The molecule has 0 aliphatic carbocycles. The summed E-state index contributed by atoms with van der Waals surface area (Å²) in [6, 6.07) is 45.2. The molecular weight excluding hydrogens is 519 g/mol. The number of benzene rings is 4. The van der Waals surface area contributed by atoms with E-state index in [4.69, 9.17) is 0 Å². The zero-order valence-electron chi connectivity index (χ0n) is 19.1. The molecule has 0 saturated carbocycles. The van der Waals surface area contributed by atoms with Gasteiger partial charge < -0.3 is 0 Å². The van der Waals surface area contributed by atoms with E-state index in [1.165, 1.54) is 0 Å². The van der Waals surface area contributed by atoms with Gasteiger partial charge >= 0.3 is 216 Å². The number of nitrogens with zero attached hydrogens (tertiary/aromatic N) is 2. The van der Waals surface area contributed by atoms with Gasteiger partial charge in [-0.1, -0.05) is 0 Å². The molecule has 0 N–H and O–H groups in total. The van der Waals surface area contributed by atoms with Crippen LogP contribution in [-0.2, 0) is 18.0 Å². The summed E-state index contributed by atoms with van der Waals surface area (Å²) in [4.78, 5) is 0. The van der Waals surface area contributed by atoms with E-state index < -0.39 is 0 Å². The molecule has 0 spiro atoms. The number of allylic oxidation sites excluding steroid dienone is 2. The molecular formula is C32H24N2Pd. The van der Waals surface area contributed by atoms with Crippen molar-refractivity contribution in [2.75, 3.05) is 0 Å². The van der Waals surface area contributed by atoms with Crippen LogP contribution in [-0.4, -0.2) is 0 Å². The zero-order chi connectivity index (χ0) is 24.3. The molecule has 0 fully saturated rings. The third-order valence-corrected chi connectivity index (χ3v) is 8.40. The fraction of sp³-hybridized carbons (Fsp3) is 0.0625. The Morgan fingerprint density at radius 3 is 1.14 bits per heavy atom. The van der Waals surface area contributed by atoms with E-state index in [-0.39, 0.29) is 26.8 Å². The summed E-state index contributed by atoms with van der Waals surface area (Å²) in [7, 11) is 0. The molecule has 172 valence electrons. The maximum absolute atomic E-state index is 10.2. The summed E-state index contributed by atoms with van der Waals surface area (Å²) in [5, 5.41) is 20.5. The molecule has 0 aliphatic heterocycles. The molecule has 0 heterocycles. The van der Waals surface area contributed by atoms with E-state index in [9.17, 15) is 10.5 Å². The van der Waals surface area contributed by atoms with Crippen LogP contribution in [0.4, 0.5) is 0 Å². The van der Waals surface area contributed by atoms with Crippen LogP contribution in [0.5, 0.6) is 0 Å². The molecule has 0 aliphatic rings. The number of hydrogen-bond acceptors (Lipinski definition) is 2. The number of nitriles is 2. The van der Waals surface area contributed by atoms with Gasteiger partial charge in [-0.05, 0) is 0 Å². The number of hydrogen-bond donors (Lipinski definition) is 0. The van der Waals surface area contributed by atoms with Gasteiger partial charge in [-0.15, -0.1) is 0 Å². The van der Waals surface area contributed by atoms with Gasteiger partial charge in [-0.25, -0.2) is 0 Å². The minimum absolute atomic E-state index is 0.00515. The molecule has 4 rings (SSSR count). The van der Waals surface area contributed by atoms with Crippen molar-refractivity contribution in [2.24, 2.45) is 0 Å². The first-order chi connectivity index (χ1) is 17.3. The van der Waals surface area contributed by atoms with Crippen LogP contribution in [0.2, 0.25) is 0 Å². The summed E-state index contributed by atoms with van der Waals surface area (Å²) in [5.74, 6) is 0. The Balaban J connectivity index is 1.82. The van der Waals surface area contributed by atoms with Crippen LogP contribution in [0.15, 0.2) is 132 Å². The molecule has 2 nitrogen and oxygen atoms in total. The Bertz CT molecular complexity index is 1250. The van der Waals surface area contributed by atoms with E-state index in [0.29, 0.717) is 11.1 Å². The topological polar surface area (TPSA) is 47.6 Å². The van der Waals surface area contributed by atoms with Crippen molar-refractivity contribution >= 4 is 12.2 Å². The Labute approximate surface area is 215 Å². The first-order valence-corrected chi connectivity index (χ1v) is 13.1. The van der Waals surface area contributed by atoms with Gasteiger partial charge in [0.15, 0.2) is 0 Å². The Hall–Kier alpha value is -4.00. The second-order valence-corrected chi connectivity index (χ2v) is 10.1. The first-order valence-electron chi connectivity index (χ1n) is 11.3. The van der Waals surface area contributed by atoms with E-state index in [1.807, 2.05) is 109 Å². The second-order valence-electron chi connectivity index (χ2n) is 7.82. The normalized spacial score (nSPS) is 13.4. The third kappa shape index (κ3) is 6.53. The van der Waals surface area contributed by atoms with Crippen LogP contribution in [0.25, 0.3) is 12.2 Å². The van der Waals surface area contributed by atoms with Crippen molar-refractivity contribution in [1.29, 1.82) is 10.5 Å². The molecule has 4 aromatic carbocycles. The molecule has 2 unspecified atom stereocenters. The minimum atomic E-state index is -0.117. The van der Waals surface area contributed by atoms with Gasteiger partial charge in [-0.2, -0.15) is 0 Å². The van der Waals surface area contributed by atoms with Crippen molar-refractivity contribution in [3.63, 3.8) is 0 Å². The fourth-order valence-corrected chi connectivity index (χ4v) is 6.42. The Morgan fingerprint density at radius 1 is 0.514 bits per heavy atom. The molecule has 3 heteroatoms. The molecule has 2 atom stereocenters. The second kappa shape index (κ2) is 12.5. The molecule has 35 heavy (non-hydrogen) atoms. The number of rotatable bonds is 8. The molecule has 0 saturated heterocycles.